The molecule has 1 N–H and O–H groups in total. The third-order valence-corrected chi connectivity index (χ3v) is 3.48. The van der Waals surface area contributed by atoms with Gasteiger partial charge in [-0.25, -0.2) is 0 Å². The Morgan fingerprint density at radius 3 is 3.16 bits per heavy atom. The van der Waals surface area contributed by atoms with Crippen molar-refractivity contribution in [1.82, 2.24) is 20.4 Å². The summed E-state index contributed by atoms with van der Waals surface area (Å²) in [5.74, 6) is 1.68. The molecule has 1 aliphatic rings. The molecule has 6 heteroatoms. The van der Waals surface area contributed by atoms with Crippen molar-refractivity contribution in [2.45, 2.75) is 25.4 Å². The van der Waals surface area contributed by atoms with Gasteiger partial charge in [0.25, 0.3) is 5.89 Å². The molecule has 102 valence electrons. The van der Waals surface area contributed by atoms with E-state index in [1.807, 2.05) is 6.07 Å². The van der Waals surface area contributed by atoms with E-state index in [2.05, 4.69) is 27.5 Å². The van der Waals surface area contributed by atoms with Crippen LogP contribution in [0.15, 0.2) is 27.2 Å². The maximum atomic E-state index is 5.61. The molecule has 0 amide bonds. The summed E-state index contributed by atoms with van der Waals surface area (Å²) in [6.07, 6.45) is 4.03. The van der Waals surface area contributed by atoms with E-state index in [-0.39, 0.29) is 0 Å². The summed E-state index contributed by atoms with van der Waals surface area (Å²) in [4.78, 5) is 2.26. The highest BCUT2D eigenvalue weighted by molar-refractivity contribution is 5.42. The number of nitrogens with zero attached hydrogens (tertiary/aromatic N) is 3. The Morgan fingerprint density at radius 2 is 2.42 bits per heavy atom. The molecule has 0 spiro atoms. The molecule has 1 unspecified atom stereocenters. The van der Waals surface area contributed by atoms with Crippen molar-refractivity contribution < 1.29 is 8.83 Å². The first-order chi connectivity index (χ1) is 9.33. The molecule has 1 atom stereocenters. The minimum atomic E-state index is 0.440. The number of piperidine rings is 1. The zero-order valence-electron chi connectivity index (χ0n) is 11.0. The fourth-order valence-electron chi connectivity index (χ4n) is 2.37. The lowest BCUT2D eigenvalue weighted by molar-refractivity contribution is 0.180. The quantitative estimate of drug-likeness (QED) is 0.901. The molecule has 1 fully saturated rings. The third kappa shape index (κ3) is 2.85. The standard InChI is InChI=1S/C13H18N4O2/c1-17(10-4-2-6-14-8-10)9-12-15-16-13(19-12)11-5-3-7-18-11/h3,5,7,10,14H,2,4,6,8-9H2,1H3. The number of rotatable bonds is 4. The largest absolute Gasteiger partial charge is 0.459 e. The van der Waals surface area contributed by atoms with Crippen molar-refractivity contribution in [3.8, 4) is 11.7 Å². The van der Waals surface area contributed by atoms with Gasteiger partial charge in [0.2, 0.25) is 5.89 Å². The van der Waals surface area contributed by atoms with Crippen LogP contribution in [-0.4, -0.2) is 41.3 Å². The molecule has 0 aromatic carbocycles. The average Bonchev–Trinajstić information content (AvgIpc) is 3.10. The molecule has 2 aromatic heterocycles. The van der Waals surface area contributed by atoms with E-state index in [0.717, 1.165) is 13.1 Å². The van der Waals surface area contributed by atoms with Crippen LogP contribution < -0.4 is 5.32 Å². The summed E-state index contributed by atoms with van der Waals surface area (Å²) in [5, 5.41) is 11.5. The lowest BCUT2D eigenvalue weighted by Crippen LogP contribution is -2.43. The second-order valence-corrected chi connectivity index (χ2v) is 4.89. The molecule has 19 heavy (non-hydrogen) atoms. The molecule has 0 aliphatic carbocycles. The minimum Gasteiger partial charge on any atom is -0.459 e. The van der Waals surface area contributed by atoms with Crippen LogP contribution in [0.1, 0.15) is 18.7 Å². The van der Waals surface area contributed by atoms with Crippen molar-refractivity contribution >= 4 is 0 Å². The third-order valence-electron chi connectivity index (χ3n) is 3.48. The van der Waals surface area contributed by atoms with Crippen molar-refractivity contribution in [1.29, 1.82) is 0 Å². The molecule has 3 heterocycles. The van der Waals surface area contributed by atoms with E-state index in [0.29, 0.717) is 30.1 Å². The molecular formula is C13H18N4O2. The maximum Gasteiger partial charge on any atom is 0.283 e. The van der Waals surface area contributed by atoms with Gasteiger partial charge in [0.05, 0.1) is 12.8 Å². The Bertz CT molecular complexity index is 502. The zero-order chi connectivity index (χ0) is 13.1. The molecule has 0 saturated carbocycles. The van der Waals surface area contributed by atoms with Gasteiger partial charge >= 0.3 is 0 Å². The number of nitrogens with one attached hydrogen (secondary N) is 1. The van der Waals surface area contributed by atoms with Gasteiger partial charge in [-0.3, -0.25) is 4.90 Å². The van der Waals surface area contributed by atoms with E-state index in [1.165, 1.54) is 12.8 Å². The Morgan fingerprint density at radius 1 is 1.47 bits per heavy atom. The first kappa shape index (κ1) is 12.4. The summed E-state index contributed by atoms with van der Waals surface area (Å²) in [6.45, 7) is 2.81. The van der Waals surface area contributed by atoms with Crippen LogP contribution in [0.3, 0.4) is 0 Å². The molecule has 6 nitrogen and oxygen atoms in total. The normalized spacial score (nSPS) is 20.0. The predicted octanol–water partition coefficient (Wildman–Crippen LogP) is 1.51. The second kappa shape index (κ2) is 5.54. The van der Waals surface area contributed by atoms with E-state index >= 15 is 0 Å². The summed E-state index contributed by atoms with van der Waals surface area (Å²) in [7, 11) is 2.09. The molecule has 3 rings (SSSR count). The van der Waals surface area contributed by atoms with Crippen LogP contribution >= 0.6 is 0 Å². The first-order valence-electron chi connectivity index (χ1n) is 6.60. The Balaban J connectivity index is 1.63. The van der Waals surface area contributed by atoms with Gasteiger partial charge in [0.15, 0.2) is 5.76 Å². The summed E-state index contributed by atoms with van der Waals surface area (Å²) in [5.41, 5.74) is 0. The lowest BCUT2D eigenvalue weighted by atomic mass is 10.1. The molecular weight excluding hydrogens is 244 g/mol. The van der Waals surface area contributed by atoms with Crippen molar-refractivity contribution in [3.63, 3.8) is 0 Å². The first-order valence-corrected chi connectivity index (χ1v) is 6.60. The van der Waals surface area contributed by atoms with Gasteiger partial charge in [0, 0.05) is 12.6 Å². The SMILES string of the molecule is CN(Cc1nnc(-c2ccco2)o1)C1CCCNC1. The Labute approximate surface area is 111 Å². The van der Waals surface area contributed by atoms with E-state index in [4.69, 9.17) is 8.83 Å². The monoisotopic (exact) mass is 262 g/mol. The number of hydrogen-bond acceptors (Lipinski definition) is 6. The van der Waals surface area contributed by atoms with Gasteiger partial charge in [-0.1, -0.05) is 0 Å². The van der Waals surface area contributed by atoms with Gasteiger partial charge < -0.3 is 14.2 Å². The number of likely N-dealkylation sites (N-methyl/N-ethyl adjacent to an activating group) is 1. The van der Waals surface area contributed by atoms with E-state index < -0.39 is 0 Å². The zero-order valence-corrected chi connectivity index (χ0v) is 11.0. The average molecular weight is 262 g/mol. The van der Waals surface area contributed by atoms with Gasteiger partial charge in [-0.05, 0) is 38.6 Å². The van der Waals surface area contributed by atoms with Crippen LogP contribution in [0, 0.1) is 0 Å². The van der Waals surface area contributed by atoms with Crippen LogP contribution in [0.2, 0.25) is 0 Å². The smallest absolute Gasteiger partial charge is 0.283 e. The predicted molar refractivity (Wildman–Crippen MR) is 69.4 cm³/mol. The molecule has 0 radical (unpaired) electrons. The molecule has 2 aromatic rings. The number of hydrogen-bond donors (Lipinski definition) is 1. The minimum absolute atomic E-state index is 0.440. The summed E-state index contributed by atoms with van der Waals surface area (Å²) < 4.78 is 10.8. The Hall–Kier alpha value is -1.66. The van der Waals surface area contributed by atoms with Crippen LogP contribution in [-0.2, 0) is 6.54 Å². The molecule has 1 aliphatic heterocycles. The fourth-order valence-corrected chi connectivity index (χ4v) is 2.37. The van der Waals surface area contributed by atoms with Gasteiger partial charge in [-0.15, -0.1) is 10.2 Å². The maximum absolute atomic E-state index is 5.61. The van der Waals surface area contributed by atoms with Crippen molar-refractivity contribution in [2.24, 2.45) is 0 Å². The number of aromatic nitrogens is 2. The second-order valence-electron chi connectivity index (χ2n) is 4.89. The van der Waals surface area contributed by atoms with Crippen LogP contribution in [0.5, 0.6) is 0 Å². The lowest BCUT2D eigenvalue weighted by Gasteiger charge is -2.30. The van der Waals surface area contributed by atoms with Gasteiger partial charge in [0.1, 0.15) is 0 Å². The highest BCUT2D eigenvalue weighted by Crippen LogP contribution is 2.19. The van der Waals surface area contributed by atoms with E-state index in [1.54, 1.807) is 12.3 Å². The van der Waals surface area contributed by atoms with Crippen molar-refractivity contribution in [3.05, 3.63) is 24.3 Å². The highest BCUT2D eigenvalue weighted by Gasteiger charge is 2.20. The van der Waals surface area contributed by atoms with Crippen LogP contribution in [0.4, 0.5) is 0 Å². The molecule has 0 bridgehead atoms. The van der Waals surface area contributed by atoms with E-state index in [9.17, 15) is 0 Å². The highest BCUT2D eigenvalue weighted by atomic mass is 16.4. The van der Waals surface area contributed by atoms with Gasteiger partial charge in [-0.2, -0.15) is 0 Å². The summed E-state index contributed by atoms with van der Waals surface area (Å²) in [6, 6.07) is 4.15. The van der Waals surface area contributed by atoms with Crippen LogP contribution in [0.25, 0.3) is 11.7 Å². The topological polar surface area (TPSA) is 67.3 Å². The molecule has 1 saturated heterocycles. The van der Waals surface area contributed by atoms with Crippen molar-refractivity contribution in [2.75, 3.05) is 20.1 Å². The Kier molecular flexibility index (Phi) is 3.61. The summed E-state index contributed by atoms with van der Waals surface area (Å²) >= 11 is 0. The fraction of sp³-hybridized carbons (Fsp3) is 0.538. The number of furan rings is 1.